The Morgan fingerprint density at radius 3 is 2.85 bits per heavy atom. The third-order valence-corrected chi connectivity index (χ3v) is 5.25. The number of hydrogen-bond acceptors (Lipinski definition) is 5. The first-order valence-electron chi connectivity index (χ1n) is 9.42. The normalized spacial score (nSPS) is 17.5. The summed E-state index contributed by atoms with van der Waals surface area (Å²) in [6.07, 6.45) is 5.65. The third kappa shape index (κ3) is 4.77. The summed E-state index contributed by atoms with van der Waals surface area (Å²) in [6.45, 7) is 6.63. The molecule has 6 heteroatoms. The summed E-state index contributed by atoms with van der Waals surface area (Å²) >= 11 is 0. The third-order valence-electron chi connectivity index (χ3n) is 5.25. The van der Waals surface area contributed by atoms with Crippen LogP contribution >= 0.6 is 0 Å². The molecule has 0 spiro atoms. The fourth-order valence-corrected chi connectivity index (χ4v) is 3.74. The van der Waals surface area contributed by atoms with Crippen molar-refractivity contribution >= 4 is 11.7 Å². The maximum absolute atomic E-state index is 12.7. The lowest BCUT2D eigenvalue weighted by molar-refractivity contribution is -0.123. The van der Waals surface area contributed by atoms with Crippen molar-refractivity contribution in [2.45, 2.75) is 25.7 Å². The Morgan fingerprint density at radius 1 is 1.33 bits per heavy atom. The van der Waals surface area contributed by atoms with Crippen LogP contribution in [0.3, 0.4) is 0 Å². The number of ether oxygens (including phenoxy) is 1. The number of benzene rings is 1. The molecule has 0 saturated carbocycles. The number of carbonyl (C=O) groups is 2. The zero-order chi connectivity index (χ0) is 19.2. The Balaban J connectivity index is 1.48. The first kappa shape index (κ1) is 19.2. The van der Waals surface area contributed by atoms with Crippen LogP contribution in [0.25, 0.3) is 0 Å². The molecule has 0 aliphatic carbocycles. The number of para-hydroxylation sites is 1. The number of hydrogen-bond donors (Lipinski definition) is 2. The average Bonchev–Trinajstić information content (AvgIpc) is 3.16. The summed E-state index contributed by atoms with van der Waals surface area (Å²) in [5.74, 6) is 1.04. The van der Waals surface area contributed by atoms with Gasteiger partial charge in [0.2, 0.25) is 0 Å². The lowest BCUT2D eigenvalue weighted by Crippen LogP contribution is -2.39. The fourth-order valence-electron chi connectivity index (χ4n) is 3.74. The van der Waals surface area contributed by atoms with Gasteiger partial charge in [0.25, 0.3) is 5.91 Å². The molecule has 1 aromatic carbocycles. The second kappa shape index (κ2) is 8.86. The highest BCUT2D eigenvalue weighted by molar-refractivity contribution is 5.93. The maximum Gasteiger partial charge on any atom is 0.251 e. The predicted octanol–water partition coefficient (Wildman–Crippen LogP) is 1.55. The van der Waals surface area contributed by atoms with E-state index in [1.165, 1.54) is 18.0 Å². The van der Waals surface area contributed by atoms with Crippen LogP contribution in [0.15, 0.2) is 42.8 Å². The number of nitrogens with one attached hydrogen (secondary N) is 1. The van der Waals surface area contributed by atoms with Gasteiger partial charge in [0.05, 0.1) is 6.61 Å². The lowest BCUT2D eigenvalue weighted by Gasteiger charge is -2.31. The van der Waals surface area contributed by atoms with E-state index in [0.29, 0.717) is 25.1 Å². The van der Waals surface area contributed by atoms with E-state index < -0.39 is 0 Å². The maximum atomic E-state index is 12.7. The van der Waals surface area contributed by atoms with Crippen molar-refractivity contribution in [1.82, 2.24) is 10.2 Å². The van der Waals surface area contributed by atoms with E-state index in [1.807, 2.05) is 12.1 Å². The Kier molecular flexibility index (Phi) is 6.29. The molecule has 1 aromatic rings. The molecular formula is C21H27N3O3. The number of amides is 1. The highest BCUT2D eigenvalue weighted by Crippen LogP contribution is 2.31. The number of ketones is 1. The van der Waals surface area contributed by atoms with E-state index in [1.54, 1.807) is 0 Å². The molecule has 0 unspecified atom stereocenters. The Bertz CT molecular complexity index is 749. The number of nitrogens with zero attached hydrogens (tertiary/aromatic N) is 1. The average molecular weight is 369 g/mol. The van der Waals surface area contributed by atoms with Gasteiger partial charge in [-0.3, -0.25) is 14.5 Å². The van der Waals surface area contributed by atoms with E-state index in [2.05, 4.69) is 22.9 Å². The first-order valence-corrected chi connectivity index (χ1v) is 9.42. The van der Waals surface area contributed by atoms with Crippen LogP contribution in [0.5, 0.6) is 5.75 Å². The van der Waals surface area contributed by atoms with Gasteiger partial charge in [0, 0.05) is 48.8 Å². The van der Waals surface area contributed by atoms with Gasteiger partial charge in [-0.05, 0) is 31.5 Å². The predicted molar refractivity (Wildman–Crippen MR) is 104 cm³/mol. The van der Waals surface area contributed by atoms with Crippen molar-refractivity contribution in [2.24, 2.45) is 11.7 Å². The summed E-state index contributed by atoms with van der Waals surface area (Å²) < 4.78 is 5.71. The van der Waals surface area contributed by atoms with Crippen LogP contribution in [-0.2, 0) is 22.4 Å². The molecule has 27 heavy (non-hydrogen) atoms. The van der Waals surface area contributed by atoms with Gasteiger partial charge in [-0.1, -0.05) is 24.8 Å². The molecule has 6 nitrogen and oxygen atoms in total. The molecule has 0 radical (unpaired) electrons. The van der Waals surface area contributed by atoms with Crippen molar-refractivity contribution in [3.8, 4) is 5.75 Å². The van der Waals surface area contributed by atoms with Gasteiger partial charge in [-0.15, -0.1) is 0 Å². The number of nitrogens with two attached hydrogens (primary N) is 1. The van der Waals surface area contributed by atoms with Crippen molar-refractivity contribution in [2.75, 3.05) is 26.2 Å². The molecule has 144 valence electrons. The summed E-state index contributed by atoms with van der Waals surface area (Å²) in [7, 11) is 0. The van der Waals surface area contributed by atoms with E-state index in [4.69, 9.17) is 10.5 Å². The van der Waals surface area contributed by atoms with Crippen LogP contribution in [-0.4, -0.2) is 42.8 Å². The Labute approximate surface area is 160 Å². The molecule has 1 saturated heterocycles. The molecular weight excluding hydrogens is 342 g/mol. The molecule has 2 aliphatic heterocycles. The van der Waals surface area contributed by atoms with Gasteiger partial charge in [-0.2, -0.15) is 0 Å². The number of Topliss-reactive ketones (excluding diaryl/α,β-unsaturated/α-hetero) is 1. The smallest absolute Gasteiger partial charge is 0.251 e. The Morgan fingerprint density at radius 2 is 2.11 bits per heavy atom. The van der Waals surface area contributed by atoms with Gasteiger partial charge in [0.15, 0.2) is 0 Å². The molecule has 0 atom stereocenters. The van der Waals surface area contributed by atoms with E-state index >= 15 is 0 Å². The summed E-state index contributed by atoms with van der Waals surface area (Å²) in [6, 6.07) is 6.08. The minimum atomic E-state index is -0.229. The zero-order valence-corrected chi connectivity index (χ0v) is 15.6. The number of rotatable bonds is 7. The highest BCUT2D eigenvalue weighted by atomic mass is 16.5. The highest BCUT2D eigenvalue weighted by Gasteiger charge is 2.27. The van der Waals surface area contributed by atoms with E-state index in [-0.39, 0.29) is 17.6 Å². The van der Waals surface area contributed by atoms with Crippen LogP contribution in [0.1, 0.15) is 24.0 Å². The molecule has 1 amide bonds. The SMILES string of the molecule is C=C(CN1CCC(C(=O)Cc2cccc3c2OCC3)CC1)C(=O)N/C=C\N. The molecule has 1 fully saturated rings. The van der Waals surface area contributed by atoms with Crippen molar-refractivity contribution in [1.29, 1.82) is 0 Å². The Hall–Kier alpha value is -2.60. The van der Waals surface area contributed by atoms with Crippen LogP contribution in [0.2, 0.25) is 0 Å². The number of fused-ring (bicyclic) bond motifs is 1. The lowest BCUT2D eigenvalue weighted by atomic mass is 9.88. The minimum Gasteiger partial charge on any atom is -0.493 e. The van der Waals surface area contributed by atoms with Crippen LogP contribution < -0.4 is 15.8 Å². The quantitative estimate of drug-likeness (QED) is 0.713. The van der Waals surface area contributed by atoms with Gasteiger partial charge >= 0.3 is 0 Å². The fraction of sp³-hybridized carbons (Fsp3) is 0.429. The number of carbonyl (C=O) groups excluding carboxylic acids is 2. The van der Waals surface area contributed by atoms with E-state index in [0.717, 1.165) is 43.7 Å². The van der Waals surface area contributed by atoms with Crippen LogP contribution in [0, 0.1) is 5.92 Å². The second-order valence-electron chi connectivity index (χ2n) is 7.13. The molecule has 3 rings (SSSR count). The minimum absolute atomic E-state index is 0.0702. The first-order chi connectivity index (χ1) is 13.1. The second-order valence-corrected chi connectivity index (χ2v) is 7.13. The zero-order valence-electron chi connectivity index (χ0n) is 15.6. The van der Waals surface area contributed by atoms with Crippen LogP contribution in [0.4, 0.5) is 0 Å². The van der Waals surface area contributed by atoms with Crippen molar-refractivity contribution < 1.29 is 14.3 Å². The molecule has 0 bridgehead atoms. The van der Waals surface area contributed by atoms with E-state index in [9.17, 15) is 9.59 Å². The van der Waals surface area contributed by atoms with Gasteiger partial charge in [-0.25, -0.2) is 0 Å². The topological polar surface area (TPSA) is 84.7 Å². The molecule has 2 aliphatic rings. The standard InChI is InChI=1S/C21H27N3O3/c1-15(21(26)23-9-8-22)14-24-10-5-16(6-11-24)19(25)13-18-4-2-3-17-7-12-27-20(17)18/h2-4,8-9,16H,1,5-7,10-14,22H2,(H,23,26)/b9-8-. The molecule has 2 heterocycles. The van der Waals surface area contributed by atoms with Gasteiger partial charge < -0.3 is 15.8 Å². The summed E-state index contributed by atoms with van der Waals surface area (Å²) in [5, 5.41) is 2.56. The van der Waals surface area contributed by atoms with Crippen molar-refractivity contribution in [3.63, 3.8) is 0 Å². The largest absolute Gasteiger partial charge is 0.493 e. The summed E-state index contributed by atoms with van der Waals surface area (Å²) in [4.78, 5) is 26.7. The molecule has 3 N–H and O–H groups in total. The molecule has 0 aromatic heterocycles. The summed E-state index contributed by atoms with van der Waals surface area (Å²) in [5.41, 5.74) is 7.92. The monoisotopic (exact) mass is 369 g/mol. The number of likely N-dealkylation sites (tertiary alicyclic amines) is 1. The number of piperidine rings is 1. The van der Waals surface area contributed by atoms with Gasteiger partial charge in [0.1, 0.15) is 11.5 Å². The van der Waals surface area contributed by atoms with Crippen molar-refractivity contribution in [3.05, 3.63) is 53.9 Å².